The number of rotatable bonds is 4. The summed E-state index contributed by atoms with van der Waals surface area (Å²) in [4.78, 5) is 23.7. The molecule has 2 aromatic rings. The van der Waals surface area contributed by atoms with Crippen LogP contribution in [0.15, 0.2) is 36.4 Å². The lowest BCUT2D eigenvalue weighted by molar-refractivity contribution is 0.0684. The number of piperidine rings is 1. The first-order chi connectivity index (χ1) is 12.8. The summed E-state index contributed by atoms with van der Waals surface area (Å²) >= 11 is 0. The van der Waals surface area contributed by atoms with Crippen molar-refractivity contribution >= 4 is 11.7 Å². The van der Waals surface area contributed by atoms with Gasteiger partial charge in [-0.3, -0.25) is 4.79 Å². The molecule has 1 aromatic carbocycles. The van der Waals surface area contributed by atoms with Gasteiger partial charge in [-0.2, -0.15) is 0 Å². The number of aromatic nitrogens is 2. The van der Waals surface area contributed by atoms with E-state index < -0.39 is 0 Å². The van der Waals surface area contributed by atoms with E-state index in [0.29, 0.717) is 23.3 Å². The van der Waals surface area contributed by atoms with Crippen molar-refractivity contribution in [2.75, 3.05) is 18.4 Å². The van der Waals surface area contributed by atoms with Gasteiger partial charge in [-0.05, 0) is 58.4 Å². The molecule has 27 heavy (non-hydrogen) atoms. The van der Waals surface area contributed by atoms with E-state index in [0.717, 1.165) is 32.4 Å². The van der Waals surface area contributed by atoms with Gasteiger partial charge >= 0.3 is 0 Å². The van der Waals surface area contributed by atoms with Crippen molar-refractivity contribution in [2.24, 2.45) is 5.92 Å². The second-order valence-electron chi connectivity index (χ2n) is 8.49. The number of benzene rings is 1. The van der Waals surface area contributed by atoms with E-state index in [2.05, 4.69) is 66.4 Å². The number of hydrogen-bond donors (Lipinski definition) is 1. The summed E-state index contributed by atoms with van der Waals surface area (Å²) in [5.74, 6) is 1.97. The average Bonchev–Trinajstić information content (AvgIpc) is 2.61. The Morgan fingerprint density at radius 3 is 2.44 bits per heavy atom. The molecule has 144 valence electrons. The van der Waals surface area contributed by atoms with E-state index in [1.807, 2.05) is 11.8 Å². The first-order valence-corrected chi connectivity index (χ1v) is 9.77. The molecule has 5 heteroatoms. The molecule has 1 aliphatic heterocycles. The lowest BCUT2D eigenvalue weighted by Crippen LogP contribution is -2.39. The van der Waals surface area contributed by atoms with Gasteiger partial charge in [-0.1, -0.05) is 30.3 Å². The molecule has 1 fully saturated rings. The van der Waals surface area contributed by atoms with Crippen LogP contribution in [-0.4, -0.2) is 39.4 Å². The molecule has 1 saturated heterocycles. The molecule has 0 atom stereocenters. The van der Waals surface area contributed by atoms with E-state index in [1.54, 1.807) is 6.07 Å². The van der Waals surface area contributed by atoms with Crippen LogP contribution >= 0.6 is 0 Å². The van der Waals surface area contributed by atoms with Crippen LogP contribution in [0, 0.1) is 12.8 Å². The Bertz CT molecular complexity index is 775. The third-order valence-corrected chi connectivity index (χ3v) is 4.83. The molecular formula is C22H30N4O. The predicted octanol–water partition coefficient (Wildman–Crippen LogP) is 4.09. The molecule has 0 unspecified atom stereocenters. The van der Waals surface area contributed by atoms with Crippen molar-refractivity contribution < 1.29 is 4.79 Å². The van der Waals surface area contributed by atoms with Crippen molar-refractivity contribution in [1.82, 2.24) is 14.9 Å². The normalized spacial score (nSPS) is 15.6. The highest BCUT2D eigenvalue weighted by molar-refractivity contribution is 5.93. The Morgan fingerprint density at radius 1 is 1.15 bits per heavy atom. The van der Waals surface area contributed by atoms with Crippen LogP contribution < -0.4 is 5.32 Å². The number of aryl methyl sites for hydroxylation is 1. The summed E-state index contributed by atoms with van der Waals surface area (Å²) in [6.45, 7) is 9.63. The van der Waals surface area contributed by atoms with Gasteiger partial charge in [0.15, 0.2) is 0 Å². The summed E-state index contributed by atoms with van der Waals surface area (Å²) < 4.78 is 0. The minimum Gasteiger partial charge on any atom is -0.365 e. The highest BCUT2D eigenvalue weighted by atomic mass is 16.2. The Kier molecular flexibility index (Phi) is 5.78. The number of amides is 1. The van der Waals surface area contributed by atoms with Crippen molar-refractivity contribution in [2.45, 2.75) is 52.5 Å². The number of nitrogens with zero attached hydrogens (tertiary/aromatic N) is 3. The number of carbonyl (C=O) groups excluding carboxylic acids is 1. The highest BCUT2D eigenvalue weighted by Gasteiger charge is 2.25. The molecule has 0 spiro atoms. The van der Waals surface area contributed by atoms with E-state index in [4.69, 9.17) is 0 Å². The van der Waals surface area contributed by atoms with Crippen LogP contribution in [0.4, 0.5) is 5.82 Å². The van der Waals surface area contributed by atoms with Crippen LogP contribution in [0.1, 0.15) is 55.5 Å². The molecule has 1 aromatic heterocycles. The van der Waals surface area contributed by atoms with Gasteiger partial charge in [-0.15, -0.1) is 0 Å². The molecule has 0 bridgehead atoms. The highest BCUT2D eigenvalue weighted by Crippen LogP contribution is 2.23. The fraction of sp³-hybridized carbons (Fsp3) is 0.500. The zero-order valence-corrected chi connectivity index (χ0v) is 16.8. The van der Waals surface area contributed by atoms with Gasteiger partial charge in [0.2, 0.25) is 0 Å². The molecule has 1 aliphatic rings. The fourth-order valence-electron chi connectivity index (χ4n) is 3.58. The van der Waals surface area contributed by atoms with Gasteiger partial charge < -0.3 is 10.2 Å². The Hall–Kier alpha value is -2.43. The molecule has 5 nitrogen and oxygen atoms in total. The minimum absolute atomic E-state index is 0.00983. The van der Waals surface area contributed by atoms with Crippen molar-refractivity contribution in [3.63, 3.8) is 0 Å². The number of carbonyl (C=O) groups is 1. The van der Waals surface area contributed by atoms with Crippen LogP contribution in [0.2, 0.25) is 0 Å². The largest absolute Gasteiger partial charge is 0.365 e. The van der Waals surface area contributed by atoms with Crippen molar-refractivity contribution in [1.29, 1.82) is 0 Å². The molecule has 1 N–H and O–H groups in total. The topological polar surface area (TPSA) is 58.1 Å². The smallest absolute Gasteiger partial charge is 0.272 e. The van der Waals surface area contributed by atoms with Crippen LogP contribution in [-0.2, 0) is 6.42 Å². The molecule has 0 aliphatic carbocycles. The van der Waals surface area contributed by atoms with Gasteiger partial charge in [0, 0.05) is 24.7 Å². The fourth-order valence-corrected chi connectivity index (χ4v) is 3.58. The number of nitrogens with one attached hydrogen (secondary N) is 1. The molecule has 2 heterocycles. The molecular weight excluding hydrogens is 336 g/mol. The van der Waals surface area contributed by atoms with E-state index in [9.17, 15) is 4.79 Å². The van der Waals surface area contributed by atoms with Crippen molar-refractivity contribution in [3.8, 4) is 0 Å². The van der Waals surface area contributed by atoms with Crippen LogP contribution in [0.25, 0.3) is 0 Å². The van der Waals surface area contributed by atoms with E-state index in [-0.39, 0.29) is 11.4 Å². The Balaban J connectivity index is 1.62. The van der Waals surface area contributed by atoms with E-state index in [1.165, 1.54) is 5.56 Å². The lowest BCUT2D eigenvalue weighted by Gasteiger charge is -2.32. The molecule has 0 saturated carbocycles. The predicted molar refractivity (Wildman–Crippen MR) is 109 cm³/mol. The Labute approximate surface area is 162 Å². The monoisotopic (exact) mass is 366 g/mol. The summed E-state index contributed by atoms with van der Waals surface area (Å²) in [5, 5.41) is 3.33. The first kappa shape index (κ1) is 19.3. The van der Waals surface area contributed by atoms with Gasteiger partial charge in [-0.25, -0.2) is 9.97 Å². The standard InChI is InChI=1S/C22H30N4O/c1-16-23-19(15-20(24-16)25-22(2,3)4)21(27)26-12-10-18(11-13-26)14-17-8-6-5-7-9-17/h5-9,15,18H,10-14H2,1-4H3,(H,23,24,25). The Morgan fingerprint density at radius 2 is 1.81 bits per heavy atom. The zero-order chi connectivity index (χ0) is 19.4. The summed E-state index contributed by atoms with van der Waals surface area (Å²) in [5.41, 5.74) is 1.75. The van der Waals surface area contributed by atoms with E-state index >= 15 is 0 Å². The van der Waals surface area contributed by atoms with Gasteiger partial charge in [0.05, 0.1) is 0 Å². The molecule has 1 amide bonds. The summed E-state index contributed by atoms with van der Waals surface area (Å²) in [7, 11) is 0. The maximum Gasteiger partial charge on any atom is 0.272 e. The second-order valence-corrected chi connectivity index (χ2v) is 8.49. The summed E-state index contributed by atoms with van der Waals surface area (Å²) in [6, 6.07) is 12.4. The number of anilines is 1. The third kappa shape index (κ3) is 5.52. The quantitative estimate of drug-likeness (QED) is 0.885. The zero-order valence-electron chi connectivity index (χ0n) is 16.8. The van der Waals surface area contributed by atoms with Crippen LogP contribution in [0.5, 0.6) is 0 Å². The second kappa shape index (κ2) is 8.07. The van der Waals surface area contributed by atoms with Crippen LogP contribution in [0.3, 0.4) is 0 Å². The van der Waals surface area contributed by atoms with Gasteiger partial charge in [0.25, 0.3) is 5.91 Å². The van der Waals surface area contributed by atoms with Crippen molar-refractivity contribution in [3.05, 3.63) is 53.5 Å². The number of likely N-dealkylation sites (tertiary alicyclic amines) is 1. The molecule has 3 rings (SSSR count). The lowest BCUT2D eigenvalue weighted by atomic mass is 9.90. The third-order valence-electron chi connectivity index (χ3n) is 4.83. The maximum absolute atomic E-state index is 12.9. The summed E-state index contributed by atoms with van der Waals surface area (Å²) in [6.07, 6.45) is 3.17. The van der Waals surface area contributed by atoms with Gasteiger partial charge in [0.1, 0.15) is 17.3 Å². The maximum atomic E-state index is 12.9. The average molecular weight is 367 g/mol. The first-order valence-electron chi connectivity index (χ1n) is 9.77. The molecule has 0 radical (unpaired) electrons. The minimum atomic E-state index is -0.114. The number of hydrogen-bond acceptors (Lipinski definition) is 4. The SMILES string of the molecule is Cc1nc(NC(C)(C)C)cc(C(=O)N2CCC(Cc3ccccc3)CC2)n1.